The van der Waals surface area contributed by atoms with Crippen molar-refractivity contribution in [2.24, 2.45) is 17.8 Å². The largest absolute Gasteiger partial charge is 0.385 e. The molecule has 3 fully saturated rings. The molecule has 0 unspecified atom stereocenters. The number of hydrogen-bond donors (Lipinski definition) is 1. The van der Waals surface area contributed by atoms with Crippen molar-refractivity contribution in [3.05, 3.63) is 35.9 Å². The molecule has 1 saturated carbocycles. The summed E-state index contributed by atoms with van der Waals surface area (Å²) in [5.41, 5.74) is 0.231. The van der Waals surface area contributed by atoms with Gasteiger partial charge in [0, 0.05) is 38.1 Å². The fourth-order valence-electron chi connectivity index (χ4n) is 4.99. The number of aliphatic hydroxyl groups is 1. The lowest BCUT2D eigenvalue weighted by molar-refractivity contribution is -0.138. The van der Waals surface area contributed by atoms with Crippen molar-refractivity contribution in [1.29, 1.82) is 0 Å². The molecule has 2 aliphatic heterocycles. The van der Waals surface area contributed by atoms with E-state index in [9.17, 15) is 9.90 Å². The van der Waals surface area contributed by atoms with Crippen molar-refractivity contribution in [3.63, 3.8) is 0 Å². The Hall–Kier alpha value is -1.39. The number of ether oxygens (including phenoxy) is 1. The molecular weight excluding hydrogens is 302 g/mol. The Labute approximate surface area is 143 Å². The van der Waals surface area contributed by atoms with Crippen molar-refractivity contribution >= 4 is 5.91 Å². The Balaban J connectivity index is 1.53. The van der Waals surface area contributed by atoms with Crippen molar-refractivity contribution < 1.29 is 14.6 Å². The molecule has 3 atom stereocenters. The molecular formula is C20H27NO3. The van der Waals surface area contributed by atoms with Crippen LogP contribution in [0.25, 0.3) is 0 Å². The van der Waals surface area contributed by atoms with Crippen LogP contribution in [0.3, 0.4) is 0 Å². The molecule has 130 valence electrons. The second-order valence-corrected chi connectivity index (χ2v) is 7.68. The van der Waals surface area contributed by atoms with Crippen LogP contribution in [0.1, 0.15) is 37.7 Å². The average molecular weight is 329 g/mol. The van der Waals surface area contributed by atoms with Crippen LogP contribution in [0.4, 0.5) is 0 Å². The first kappa shape index (κ1) is 16.1. The third kappa shape index (κ3) is 2.76. The SMILES string of the molecule is O=C(C1CCOCC1)N1C[C@H]2CCC[C@](O)(c3ccccc3)[C@H]2C1. The molecule has 4 heteroatoms. The summed E-state index contributed by atoms with van der Waals surface area (Å²) in [5, 5.41) is 11.5. The molecule has 0 spiro atoms. The van der Waals surface area contributed by atoms with Gasteiger partial charge in [0.15, 0.2) is 0 Å². The zero-order valence-corrected chi connectivity index (χ0v) is 14.2. The molecule has 0 aromatic heterocycles. The van der Waals surface area contributed by atoms with E-state index in [2.05, 4.69) is 0 Å². The number of nitrogens with zero attached hydrogens (tertiary/aromatic N) is 1. The molecule has 0 radical (unpaired) electrons. The first-order valence-corrected chi connectivity index (χ1v) is 9.33. The molecule has 3 aliphatic rings. The van der Waals surface area contributed by atoms with Crippen LogP contribution >= 0.6 is 0 Å². The average Bonchev–Trinajstić information content (AvgIpc) is 3.08. The molecule has 1 aromatic carbocycles. The summed E-state index contributed by atoms with van der Waals surface area (Å²) in [4.78, 5) is 14.9. The summed E-state index contributed by atoms with van der Waals surface area (Å²) < 4.78 is 5.39. The molecule has 1 N–H and O–H groups in total. The van der Waals surface area contributed by atoms with Gasteiger partial charge in [-0.05, 0) is 43.6 Å². The van der Waals surface area contributed by atoms with Crippen LogP contribution in [-0.4, -0.2) is 42.2 Å². The number of benzene rings is 1. The number of carbonyl (C=O) groups is 1. The highest BCUT2D eigenvalue weighted by molar-refractivity contribution is 5.79. The number of likely N-dealkylation sites (tertiary alicyclic amines) is 1. The zero-order valence-electron chi connectivity index (χ0n) is 14.2. The summed E-state index contributed by atoms with van der Waals surface area (Å²) in [6.45, 7) is 2.92. The Morgan fingerprint density at radius 1 is 1.12 bits per heavy atom. The number of carbonyl (C=O) groups excluding carboxylic acids is 1. The monoisotopic (exact) mass is 329 g/mol. The minimum Gasteiger partial charge on any atom is -0.385 e. The van der Waals surface area contributed by atoms with Crippen LogP contribution in [0.5, 0.6) is 0 Å². The Morgan fingerprint density at radius 3 is 2.62 bits per heavy atom. The van der Waals surface area contributed by atoms with Gasteiger partial charge >= 0.3 is 0 Å². The van der Waals surface area contributed by atoms with Gasteiger partial charge in [0.25, 0.3) is 0 Å². The van der Waals surface area contributed by atoms with Crippen LogP contribution in [0, 0.1) is 17.8 Å². The van der Waals surface area contributed by atoms with E-state index in [0.717, 1.165) is 44.2 Å². The van der Waals surface area contributed by atoms with Crippen LogP contribution in [-0.2, 0) is 15.1 Å². The normalized spacial score (nSPS) is 34.1. The van der Waals surface area contributed by atoms with Gasteiger partial charge < -0.3 is 14.7 Å². The predicted molar refractivity (Wildman–Crippen MR) is 91.3 cm³/mol. The maximum absolute atomic E-state index is 12.9. The standard InChI is InChI=1S/C20H27NO3/c22-19(15-8-11-24-12-9-15)21-13-16-5-4-10-20(23,18(16)14-21)17-6-2-1-3-7-17/h1-3,6-7,15-16,18,23H,4-5,8-14H2/t16-,18+,20+/m1/s1. The molecule has 4 nitrogen and oxygen atoms in total. The Kier molecular flexibility index (Phi) is 4.35. The minimum atomic E-state index is -0.783. The van der Waals surface area contributed by atoms with Crippen molar-refractivity contribution in [2.75, 3.05) is 26.3 Å². The van der Waals surface area contributed by atoms with E-state index in [1.54, 1.807) is 0 Å². The zero-order chi connectivity index (χ0) is 16.6. The van der Waals surface area contributed by atoms with Gasteiger partial charge in [-0.1, -0.05) is 30.3 Å². The molecule has 0 bridgehead atoms. The summed E-state index contributed by atoms with van der Waals surface area (Å²) in [7, 11) is 0. The highest BCUT2D eigenvalue weighted by Crippen LogP contribution is 2.48. The van der Waals surface area contributed by atoms with Gasteiger partial charge in [0.1, 0.15) is 0 Å². The van der Waals surface area contributed by atoms with Gasteiger partial charge in [-0.15, -0.1) is 0 Å². The fourth-order valence-corrected chi connectivity index (χ4v) is 4.99. The highest BCUT2D eigenvalue weighted by Gasteiger charge is 2.51. The number of rotatable bonds is 2. The maximum Gasteiger partial charge on any atom is 0.225 e. The summed E-state index contributed by atoms with van der Waals surface area (Å²) in [5.74, 6) is 0.983. The van der Waals surface area contributed by atoms with Crippen molar-refractivity contribution in [2.45, 2.75) is 37.7 Å². The lowest BCUT2D eigenvalue weighted by Gasteiger charge is -2.41. The van der Waals surface area contributed by atoms with Gasteiger partial charge in [-0.25, -0.2) is 0 Å². The molecule has 24 heavy (non-hydrogen) atoms. The summed E-state index contributed by atoms with van der Waals surface area (Å²) >= 11 is 0. The lowest BCUT2D eigenvalue weighted by Crippen LogP contribution is -2.43. The van der Waals surface area contributed by atoms with E-state index in [0.29, 0.717) is 25.7 Å². The van der Waals surface area contributed by atoms with Gasteiger partial charge in [0.2, 0.25) is 5.91 Å². The van der Waals surface area contributed by atoms with E-state index in [1.165, 1.54) is 0 Å². The van der Waals surface area contributed by atoms with Gasteiger partial charge in [-0.3, -0.25) is 4.79 Å². The summed E-state index contributed by atoms with van der Waals surface area (Å²) in [6.07, 6.45) is 4.64. The molecule has 2 saturated heterocycles. The van der Waals surface area contributed by atoms with Gasteiger partial charge in [-0.2, -0.15) is 0 Å². The number of hydrogen-bond acceptors (Lipinski definition) is 3. The first-order valence-electron chi connectivity index (χ1n) is 9.33. The van der Waals surface area contributed by atoms with Crippen molar-refractivity contribution in [1.82, 2.24) is 4.90 Å². The molecule has 2 heterocycles. The van der Waals surface area contributed by atoms with Crippen molar-refractivity contribution in [3.8, 4) is 0 Å². The lowest BCUT2D eigenvalue weighted by atomic mass is 9.67. The van der Waals surface area contributed by atoms with E-state index < -0.39 is 5.60 Å². The minimum absolute atomic E-state index is 0.115. The predicted octanol–water partition coefficient (Wildman–Crippen LogP) is 2.56. The Bertz CT molecular complexity index is 584. The Morgan fingerprint density at radius 2 is 1.88 bits per heavy atom. The second kappa shape index (κ2) is 6.49. The van der Waals surface area contributed by atoms with E-state index in [1.807, 2.05) is 35.2 Å². The van der Waals surface area contributed by atoms with Gasteiger partial charge in [0.05, 0.1) is 5.60 Å². The summed E-state index contributed by atoms with van der Waals surface area (Å²) in [6, 6.07) is 10.0. The maximum atomic E-state index is 12.9. The molecule has 1 aromatic rings. The topological polar surface area (TPSA) is 49.8 Å². The fraction of sp³-hybridized carbons (Fsp3) is 0.650. The van der Waals surface area contributed by atoms with E-state index >= 15 is 0 Å². The highest BCUT2D eigenvalue weighted by atomic mass is 16.5. The quantitative estimate of drug-likeness (QED) is 0.907. The molecule has 1 amide bonds. The number of amides is 1. The number of fused-ring (bicyclic) bond motifs is 1. The molecule has 4 rings (SSSR count). The van der Waals surface area contributed by atoms with E-state index in [-0.39, 0.29) is 17.7 Å². The van der Waals surface area contributed by atoms with E-state index in [4.69, 9.17) is 4.74 Å². The molecule has 1 aliphatic carbocycles. The smallest absolute Gasteiger partial charge is 0.225 e. The van der Waals surface area contributed by atoms with Crippen LogP contribution < -0.4 is 0 Å². The third-order valence-electron chi connectivity index (χ3n) is 6.34. The first-order chi connectivity index (χ1) is 11.7. The van der Waals surface area contributed by atoms with Crippen LogP contribution in [0.2, 0.25) is 0 Å². The van der Waals surface area contributed by atoms with Crippen LogP contribution in [0.15, 0.2) is 30.3 Å². The second-order valence-electron chi connectivity index (χ2n) is 7.68. The third-order valence-corrected chi connectivity index (χ3v) is 6.34.